The van der Waals surface area contributed by atoms with Gasteiger partial charge in [-0.05, 0) is 54.0 Å². The van der Waals surface area contributed by atoms with Gasteiger partial charge in [0.1, 0.15) is 0 Å². The third kappa shape index (κ3) is 7.20. The highest BCUT2D eigenvalue weighted by molar-refractivity contribution is 7.80. The number of thiocarbonyl (C=S) groups is 1. The quantitative estimate of drug-likeness (QED) is 0.516. The van der Waals surface area contributed by atoms with Gasteiger partial charge in [-0.3, -0.25) is 9.59 Å². The molecule has 0 radical (unpaired) electrons. The molecule has 2 amide bonds. The van der Waals surface area contributed by atoms with Crippen LogP contribution in [0.3, 0.4) is 0 Å². The SMILES string of the molecule is CC(C)CC(=O)NC(=S)Nc1ccc(N2CCN(C(=O)/C=C/c3ccccc3)CC2)cc1. The summed E-state index contributed by atoms with van der Waals surface area (Å²) in [6.45, 7) is 6.91. The molecule has 1 aliphatic heterocycles. The van der Waals surface area contributed by atoms with Crippen molar-refractivity contribution in [3.8, 4) is 0 Å². The lowest BCUT2D eigenvalue weighted by Crippen LogP contribution is -2.48. The first-order chi connectivity index (χ1) is 15.4. The van der Waals surface area contributed by atoms with Gasteiger partial charge in [-0.25, -0.2) is 0 Å². The van der Waals surface area contributed by atoms with Crippen molar-refractivity contribution in [2.24, 2.45) is 5.92 Å². The van der Waals surface area contributed by atoms with Gasteiger partial charge in [-0.2, -0.15) is 0 Å². The topological polar surface area (TPSA) is 64.7 Å². The fraction of sp³-hybridized carbons (Fsp3) is 0.320. The van der Waals surface area contributed by atoms with Crippen LogP contribution in [0.5, 0.6) is 0 Å². The number of nitrogens with zero attached hydrogens (tertiary/aromatic N) is 2. The van der Waals surface area contributed by atoms with Crippen molar-refractivity contribution in [1.82, 2.24) is 10.2 Å². The zero-order chi connectivity index (χ0) is 22.9. The summed E-state index contributed by atoms with van der Waals surface area (Å²) < 4.78 is 0. The van der Waals surface area contributed by atoms with E-state index in [4.69, 9.17) is 12.2 Å². The molecule has 7 heteroatoms. The Balaban J connectivity index is 1.46. The van der Waals surface area contributed by atoms with Crippen molar-refractivity contribution in [2.75, 3.05) is 36.4 Å². The monoisotopic (exact) mass is 450 g/mol. The van der Waals surface area contributed by atoms with Gasteiger partial charge in [0.2, 0.25) is 11.8 Å². The van der Waals surface area contributed by atoms with Gasteiger partial charge >= 0.3 is 0 Å². The van der Waals surface area contributed by atoms with Gasteiger partial charge in [-0.15, -0.1) is 0 Å². The Bertz CT molecular complexity index is 950. The number of amides is 2. The lowest BCUT2D eigenvalue weighted by Gasteiger charge is -2.35. The molecule has 0 bridgehead atoms. The maximum Gasteiger partial charge on any atom is 0.246 e. The molecule has 0 atom stereocenters. The lowest BCUT2D eigenvalue weighted by atomic mass is 10.1. The largest absolute Gasteiger partial charge is 0.368 e. The number of hydrogen-bond acceptors (Lipinski definition) is 4. The predicted octanol–water partition coefficient (Wildman–Crippen LogP) is 3.91. The summed E-state index contributed by atoms with van der Waals surface area (Å²) in [6.07, 6.45) is 3.95. The van der Waals surface area contributed by atoms with Gasteiger partial charge < -0.3 is 20.4 Å². The number of carbonyl (C=O) groups excluding carboxylic acids is 2. The van der Waals surface area contributed by atoms with Gasteiger partial charge in [-0.1, -0.05) is 44.2 Å². The number of piperazine rings is 1. The van der Waals surface area contributed by atoms with Crippen molar-refractivity contribution in [3.05, 3.63) is 66.2 Å². The summed E-state index contributed by atoms with van der Waals surface area (Å²) in [4.78, 5) is 28.4. The molecule has 3 rings (SSSR count). The van der Waals surface area contributed by atoms with E-state index in [0.717, 1.165) is 30.0 Å². The zero-order valence-corrected chi connectivity index (χ0v) is 19.4. The minimum Gasteiger partial charge on any atom is -0.368 e. The van der Waals surface area contributed by atoms with E-state index in [-0.39, 0.29) is 17.7 Å². The second-order valence-corrected chi connectivity index (χ2v) is 8.61. The third-order valence-corrected chi connectivity index (χ3v) is 5.35. The molecule has 168 valence electrons. The number of hydrogen-bond donors (Lipinski definition) is 2. The predicted molar refractivity (Wildman–Crippen MR) is 135 cm³/mol. The molecule has 2 aromatic carbocycles. The molecule has 2 N–H and O–H groups in total. The van der Waals surface area contributed by atoms with E-state index in [9.17, 15) is 9.59 Å². The van der Waals surface area contributed by atoms with E-state index in [0.29, 0.717) is 24.6 Å². The molecule has 32 heavy (non-hydrogen) atoms. The Kier molecular flexibility index (Phi) is 8.39. The number of nitrogens with one attached hydrogen (secondary N) is 2. The molecule has 6 nitrogen and oxygen atoms in total. The van der Waals surface area contributed by atoms with Crippen LogP contribution in [0, 0.1) is 5.92 Å². The maximum atomic E-state index is 12.5. The van der Waals surface area contributed by atoms with Crippen LogP contribution in [-0.4, -0.2) is 48.0 Å². The highest BCUT2D eigenvalue weighted by atomic mass is 32.1. The van der Waals surface area contributed by atoms with Crippen molar-refractivity contribution in [1.29, 1.82) is 0 Å². The molecule has 2 aromatic rings. The molecule has 1 fully saturated rings. The number of rotatable bonds is 6. The summed E-state index contributed by atoms with van der Waals surface area (Å²) in [6, 6.07) is 17.8. The first kappa shape index (κ1) is 23.5. The van der Waals surface area contributed by atoms with Crippen molar-refractivity contribution >= 4 is 46.6 Å². The molecule has 0 saturated carbocycles. The summed E-state index contributed by atoms with van der Waals surface area (Å²) in [5.41, 5.74) is 2.94. The summed E-state index contributed by atoms with van der Waals surface area (Å²) in [5, 5.41) is 6.05. The maximum absolute atomic E-state index is 12.5. The second kappa shape index (κ2) is 11.4. The molecule has 0 aliphatic carbocycles. The first-order valence-corrected chi connectivity index (χ1v) is 11.3. The van der Waals surface area contributed by atoms with Gasteiger partial charge in [0, 0.05) is 50.1 Å². The fourth-order valence-corrected chi connectivity index (χ4v) is 3.72. The fourth-order valence-electron chi connectivity index (χ4n) is 3.49. The summed E-state index contributed by atoms with van der Waals surface area (Å²) in [5.74, 6) is 0.244. The molecular formula is C25H30N4O2S. The smallest absolute Gasteiger partial charge is 0.246 e. The highest BCUT2D eigenvalue weighted by Crippen LogP contribution is 2.20. The average molecular weight is 451 g/mol. The molecule has 0 spiro atoms. The minimum absolute atomic E-state index is 0.0427. The third-order valence-electron chi connectivity index (χ3n) is 5.15. The second-order valence-electron chi connectivity index (χ2n) is 8.20. The zero-order valence-electron chi connectivity index (χ0n) is 18.6. The lowest BCUT2D eigenvalue weighted by molar-refractivity contribution is -0.126. The van der Waals surface area contributed by atoms with Crippen LogP contribution in [0.4, 0.5) is 11.4 Å². The summed E-state index contributed by atoms with van der Waals surface area (Å²) >= 11 is 5.22. The standard InChI is InChI=1S/C25H30N4O2S/c1-19(2)18-23(30)27-25(32)26-21-9-11-22(12-10-21)28-14-16-29(17-15-28)24(31)13-8-20-6-4-3-5-7-20/h3-13,19H,14-18H2,1-2H3,(H2,26,27,30,32)/b13-8+. The van der Waals surface area contributed by atoms with E-state index in [2.05, 4.69) is 15.5 Å². The highest BCUT2D eigenvalue weighted by Gasteiger charge is 2.19. The van der Waals surface area contributed by atoms with E-state index < -0.39 is 0 Å². The van der Waals surface area contributed by atoms with E-state index in [1.807, 2.05) is 79.4 Å². The number of benzene rings is 2. The molecule has 1 aliphatic rings. The van der Waals surface area contributed by atoms with Crippen molar-refractivity contribution in [2.45, 2.75) is 20.3 Å². The van der Waals surface area contributed by atoms with Crippen molar-refractivity contribution < 1.29 is 9.59 Å². The molecule has 1 heterocycles. The Hall–Kier alpha value is -3.19. The molecule has 0 unspecified atom stereocenters. The van der Waals surface area contributed by atoms with Gasteiger partial charge in [0.15, 0.2) is 5.11 Å². The molecule has 1 saturated heterocycles. The number of anilines is 2. The Morgan fingerprint density at radius 1 is 1.00 bits per heavy atom. The normalized spacial score (nSPS) is 14.0. The van der Waals surface area contributed by atoms with Crippen molar-refractivity contribution in [3.63, 3.8) is 0 Å². The van der Waals surface area contributed by atoms with E-state index in [1.165, 1.54) is 0 Å². The van der Waals surface area contributed by atoms with Crippen LogP contribution in [0.2, 0.25) is 0 Å². The van der Waals surface area contributed by atoms with Crippen LogP contribution in [0.15, 0.2) is 60.7 Å². The van der Waals surface area contributed by atoms with E-state index in [1.54, 1.807) is 6.08 Å². The first-order valence-electron chi connectivity index (χ1n) is 10.9. The minimum atomic E-state index is -0.0832. The molecule has 0 aromatic heterocycles. The average Bonchev–Trinajstić information content (AvgIpc) is 2.78. The summed E-state index contributed by atoms with van der Waals surface area (Å²) in [7, 11) is 0. The molecular weight excluding hydrogens is 420 g/mol. The Labute approximate surface area is 195 Å². The van der Waals surface area contributed by atoms with Crippen LogP contribution in [0.1, 0.15) is 25.8 Å². The van der Waals surface area contributed by atoms with Crippen LogP contribution >= 0.6 is 12.2 Å². The van der Waals surface area contributed by atoms with Crippen LogP contribution in [-0.2, 0) is 9.59 Å². The Morgan fingerprint density at radius 2 is 1.66 bits per heavy atom. The van der Waals surface area contributed by atoms with Crippen LogP contribution < -0.4 is 15.5 Å². The van der Waals surface area contributed by atoms with E-state index >= 15 is 0 Å². The number of carbonyl (C=O) groups is 2. The van der Waals surface area contributed by atoms with Gasteiger partial charge in [0.05, 0.1) is 0 Å². The van der Waals surface area contributed by atoms with Gasteiger partial charge in [0.25, 0.3) is 0 Å². The Morgan fingerprint density at radius 3 is 2.28 bits per heavy atom. The van der Waals surface area contributed by atoms with Crippen LogP contribution in [0.25, 0.3) is 6.08 Å².